The molecule has 1 aliphatic rings. The molecule has 1 amide bonds. The number of hydrogen-bond acceptors (Lipinski definition) is 4. The van der Waals surface area contributed by atoms with Crippen LogP contribution in [0.25, 0.3) is 0 Å². The van der Waals surface area contributed by atoms with Crippen molar-refractivity contribution in [2.24, 2.45) is 0 Å². The molecule has 2 aromatic rings. The number of alkyl halides is 3. The van der Waals surface area contributed by atoms with Crippen LogP contribution in [0.2, 0.25) is 0 Å². The summed E-state index contributed by atoms with van der Waals surface area (Å²) in [5.74, 6) is -0.462. The SMILES string of the molecule is Cc1ccc(S(=O)(=O)N2CCN(C(=O)c3ccc(C(F)(F)F)nc3C)CC2)cc1. The normalized spacial score (nSPS) is 16.1. The number of carbonyl (C=O) groups excluding carboxylic acids is 1. The number of nitrogens with zero attached hydrogens (tertiary/aromatic N) is 3. The van der Waals surface area contributed by atoms with Gasteiger partial charge in [0, 0.05) is 26.2 Å². The van der Waals surface area contributed by atoms with Crippen molar-refractivity contribution in [1.29, 1.82) is 0 Å². The van der Waals surface area contributed by atoms with Gasteiger partial charge in [-0.05, 0) is 38.1 Å². The average Bonchev–Trinajstić information content (AvgIpc) is 2.67. The zero-order valence-electron chi connectivity index (χ0n) is 15.9. The number of carbonyl (C=O) groups is 1. The first-order valence-electron chi connectivity index (χ1n) is 8.91. The van der Waals surface area contributed by atoms with Crippen LogP contribution in [0.1, 0.15) is 27.3 Å². The molecule has 6 nitrogen and oxygen atoms in total. The molecule has 1 fully saturated rings. The van der Waals surface area contributed by atoms with E-state index in [1.807, 2.05) is 6.92 Å². The van der Waals surface area contributed by atoms with Crippen molar-refractivity contribution in [2.45, 2.75) is 24.9 Å². The van der Waals surface area contributed by atoms with Crippen molar-refractivity contribution >= 4 is 15.9 Å². The summed E-state index contributed by atoms with van der Waals surface area (Å²) in [4.78, 5) is 17.8. The lowest BCUT2D eigenvalue weighted by Gasteiger charge is -2.34. The van der Waals surface area contributed by atoms with Crippen LogP contribution in [0.3, 0.4) is 0 Å². The van der Waals surface area contributed by atoms with E-state index in [-0.39, 0.29) is 42.3 Å². The van der Waals surface area contributed by atoms with E-state index < -0.39 is 27.8 Å². The number of hydrogen-bond donors (Lipinski definition) is 0. The minimum absolute atomic E-state index is 0.0143. The van der Waals surface area contributed by atoms with Gasteiger partial charge in [0.1, 0.15) is 5.69 Å². The Balaban J connectivity index is 1.70. The average molecular weight is 427 g/mol. The number of piperazine rings is 1. The largest absolute Gasteiger partial charge is 0.433 e. The van der Waals surface area contributed by atoms with Crippen LogP contribution in [0.5, 0.6) is 0 Å². The number of sulfonamides is 1. The van der Waals surface area contributed by atoms with E-state index in [4.69, 9.17) is 0 Å². The van der Waals surface area contributed by atoms with Gasteiger partial charge in [-0.3, -0.25) is 4.79 Å². The first-order chi connectivity index (χ1) is 13.5. The van der Waals surface area contributed by atoms with Gasteiger partial charge in [-0.15, -0.1) is 0 Å². The Kier molecular flexibility index (Phi) is 5.68. The first kappa shape index (κ1) is 21.3. The molecule has 156 valence electrons. The molecule has 0 aliphatic carbocycles. The van der Waals surface area contributed by atoms with Crippen molar-refractivity contribution in [2.75, 3.05) is 26.2 Å². The summed E-state index contributed by atoms with van der Waals surface area (Å²) < 4.78 is 65.0. The van der Waals surface area contributed by atoms with E-state index in [9.17, 15) is 26.4 Å². The predicted molar refractivity (Wildman–Crippen MR) is 99.8 cm³/mol. The van der Waals surface area contributed by atoms with E-state index in [1.54, 1.807) is 24.3 Å². The monoisotopic (exact) mass is 427 g/mol. The van der Waals surface area contributed by atoms with E-state index in [2.05, 4.69) is 4.98 Å². The molecule has 1 saturated heterocycles. The van der Waals surface area contributed by atoms with Gasteiger partial charge in [0.05, 0.1) is 16.2 Å². The lowest BCUT2D eigenvalue weighted by atomic mass is 10.1. The zero-order chi connectivity index (χ0) is 21.4. The van der Waals surface area contributed by atoms with Gasteiger partial charge in [-0.1, -0.05) is 17.7 Å². The van der Waals surface area contributed by atoms with Gasteiger partial charge in [-0.25, -0.2) is 13.4 Å². The zero-order valence-corrected chi connectivity index (χ0v) is 16.7. The number of pyridine rings is 1. The molecule has 0 bridgehead atoms. The molecule has 1 aromatic heterocycles. The molecule has 0 radical (unpaired) electrons. The Hall–Kier alpha value is -2.46. The molecule has 10 heteroatoms. The summed E-state index contributed by atoms with van der Waals surface area (Å²) >= 11 is 0. The van der Waals surface area contributed by atoms with Crippen LogP contribution >= 0.6 is 0 Å². The van der Waals surface area contributed by atoms with Gasteiger partial charge in [0.25, 0.3) is 5.91 Å². The maximum absolute atomic E-state index is 12.8. The number of aryl methyl sites for hydroxylation is 2. The van der Waals surface area contributed by atoms with Crippen molar-refractivity contribution in [3.8, 4) is 0 Å². The van der Waals surface area contributed by atoms with Crippen molar-refractivity contribution < 1.29 is 26.4 Å². The second-order valence-corrected chi connectivity index (χ2v) is 8.77. The van der Waals surface area contributed by atoms with Crippen LogP contribution in [0.15, 0.2) is 41.3 Å². The van der Waals surface area contributed by atoms with Crippen LogP contribution in [-0.4, -0.2) is 54.7 Å². The lowest BCUT2D eigenvalue weighted by Crippen LogP contribution is -2.50. The lowest BCUT2D eigenvalue weighted by molar-refractivity contribution is -0.141. The summed E-state index contributed by atoms with van der Waals surface area (Å²) in [6.45, 7) is 3.71. The second kappa shape index (κ2) is 7.75. The molecular weight excluding hydrogens is 407 g/mol. The van der Waals surface area contributed by atoms with Gasteiger partial charge in [0.2, 0.25) is 10.0 Å². The molecule has 1 aromatic carbocycles. The third kappa shape index (κ3) is 4.43. The summed E-state index contributed by atoms with van der Waals surface area (Å²) in [7, 11) is -3.66. The smallest absolute Gasteiger partial charge is 0.336 e. The van der Waals surface area contributed by atoms with Crippen LogP contribution in [0, 0.1) is 13.8 Å². The quantitative estimate of drug-likeness (QED) is 0.755. The number of amides is 1. The fraction of sp³-hybridized carbons (Fsp3) is 0.368. The van der Waals surface area contributed by atoms with Crippen LogP contribution in [-0.2, 0) is 16.2 Å². The van der Waals surface area contributed by atoms with E-state index in [1.165, 1.54) is 16.1 Å². The highest BCUT2D eigenvalue weighted by atomic mass is 32.2. The topological polar surface area (TPSA) is 70.6 Å². The van der Waals surface area contributed by atoms with Gasteiger partial charge < -0.3 is 4.90 Å². The standard InChI is InChI=1S/C19H20F3N3O3S/c1-13-3-5-15(6-4-13)29(27,28)25-11-9-24(10-12-25)18(26)16-7-8-17(19(20,21)22)23-14(16)2/h3-8H,9-12H2,1-2H3. The van der Waals surface area contributed by atoms with Gasteiger partial charge in [0.15, 0.2) is 0 Å². The molecule has 3 rings (SSSR count). The summed E-state index contributed by atoms with van der Waals surface area (Å²) in [5.41, 5.74) is -0.0483. The summed E-state index contributed by atoms with van der Waals surface area (Å²) in [6.07, 6.45) is -4.58. The Morgan fingerprint density at radius 3 is 2.07 bits per heavy atom. The Morgan fingerprint density at radius 1 is 0.966 bits per heavy atom. The number of benzene rings is 1. The molecule has 0 unspecified atom stereocenters. The minimum Gasteiger partial charge on any atom is -0.336 e. The van der Waals surface area contributed by atoms with Gasteiger partial charge in [-0.2, -0.15) is 17.5 Å². The van der Waals surface area contributed by atoms with E-state index >= 15 is 0 Å². The van der Waals surface area contributed by atoms with E-state index in [0.29, 0.717) is 0 Å². The fourth-order valence-corrected chi connectivity index (χ4v) is 4.53. The Bertz CT molecular complexity index is 1010. The third-order valence-electron chi connectivity index (χ3n) is 4.79. The molecule has 0 saturated carbocycles. The molecular formula is C19H20F3N3O3S. The van der Waals surface area contributed by atoms with E-state index in [0.717, 1.165) is 17.7 Å². The first-order valence-corrected chi connectivity index (χ1v) is 10.3. The maximum atomic E-state index is 12.8. The highest BCUT2D eigenvalue weighted by molar-refractivity contribution is 7.89. The maximum Gasteiger partial charge on any atom is 0.433 e. The fourth-order valence-electron chi connectivity index (χ4n) is 3.11. The summed E-state index contributed by atoms with van der Waals surface area (Å²) in [6, 6.07) is 8.40. The minimum atomic E-state index is -4.58. The van der Waals surface area contributed by atoms with Crippen molar-refractivity contribution in [3.63, 3.8) is 0 Å². The van der Waals surface area contributed by atoms with Crippen LogP contribution in [0.4, 0.5) is 13.2 Å². The second-order valence-electron chi connectivity index (χ2n) is 6.84. The molecule has 2 heterocycles. The highest BCUT2D eigenvalue weighted by Gasteiger charge is 2.34. The highest BCUT2D eigenvalue weighted by Crippen LogP contribution is 2.28. The summed E-state index contributed by atoms with van der Waals surface area (Å²) in [5, 5.41) is 0. The number of rotatable bonds is 3. The van der Waals surface area contributed by atoms with Crippen molar-refractivity contribution in [3.05, 3.63) is 58.9 Å². The predicted octanol–water partition coefficient (Wildman–Crippen LogP) is 2.86. The molecule has 0 N–H and O–H groups in total. The number of halogens is 3. The Labute approximate surface area is 167 Å². The third-order valence-corrected chi connectivity index (χ3v) is 6.70. The number of aromatic nitrogens is 1. The molecule has 0 atom stereocenters. The van der Waals surface area contributed by atoms with Crippen LogP contribution < -0.4 is 0 Å². The molecule has 0 spiro atoms. The molecule has 1 aliphatic heterocycles. The van der Waals surface area contributed by atoms with Crippen molar-refractivity contribution in [1.82, 2.24) is 14.2 Å². The van der Waals surface area contributed by atoms with Gasteiger partial charge >= 0.3 is 6.18 Å². The Morgan fingerprint density at radius 2 is 1.55 bits per heavy atom. The molecule has 29 heavy (non-hydrogen) atoms.